The zero-order chi connectivity index (χ0) is 14.5. The summed E-state index contributed by atoms with van der Waals surface area (Å²) in [7, 11) is 0. The van der Waals surface area contributed by atoms with Gasteiger partial charge in [0.1, 0.15) is 5.60 Å². The summed E-state index contributed by atoms with van der Waals surface area (Å²) >= 11 is 0. The smallest absolute Gasteiger partial charge is 0.410 e. The van der Waals surface area contributed by atoms with Crippen molar-refractivity contribution in [2.45, 2.75) is 45.1 Å². The number of nitrogens with two attached hydrogens (primary N) is 1. The first-order valence-corrected chi connectivity index (χ1v) is 6.63. The molecule has 2 fully saturated rings. The Morgan fingerprint density at radius 3 is 2.26 bits per heavy atom. The van der Waals surface area contributed by atoms with Gasteiger partial charge in [0.2, 0.25) is 5.92 Å². The number of nitrogens with zero attached hydrogens (tertiary/aromatic N) is 1. The fraction of sp³-hybridized carbons (Fsp3) is 0.923. The summed E-state index contributed by atoms with van der Waals surface area (Å²) in [5.41, 5.74) is 4.64. The van der Waals surface area contributed by atoms with Gasteiger partial charge in [-0.2, -0.15) is 0 Å². The molecule has 0 unspecified atom stereocenters. The van der Waals surface area contributed by atoms with Gasteiger partial charge in [-0.25, -0.2) is 13.6 Å². The number of hydrogen-bond acceptors (Lipinski definition) is 3. The second kappa shape index (κ2) is 4.30. The number of likely N-dealkylation sites (tertiary alicyclic amines) is 1. The molecule has 0 aromatic rings. The molecule has 2 rings (SSSR count). The molecule has 6 heteroatoms. The van der Waals surface area contributed by atoms with E-state index in [0.717, 1.165) is 0 Å². The van der Waals surface area contributed by atoms with E-state index in [0.29, 0.717) is 13.1 Å². The summed E-state index contributed by atoms with van der Waals surface area (Å²) in [4.78, 5) is 13.3. The number of halogens is 2. The minimum absolute atomic E-state index is 0.0737. The van der Waals surface area contributed by atoms with Crippen molar-refractivity contribution in [2.75, 3.05) is 19.6 Å². The van der Waals surface area contributed by atoms with Gasteiger partial charge in [-0.15, -0.1) is 0 Å². The zero-order valence-electron chi connectivity index (χ0n) is 11.7. The van der Waals surface area contributed by atoms with Crippen LogP contribution in [0.5, 0.6) is 0 Å². The highest BCUT2D eigenvalue weighted by Gasteiger charge is 2.61. The SMILES string of the molecule is CC(C)(C)OC(=O)N1CC(C2(CN)CC(F)(F)C2)C1. The second-order valence-electron chi connectivity index (χ2n) is 6.86. The van der Waals surface area contributed by atoms with Crippen LogP contribution in [0.1, 0.15) is 33.6 Å². The molecule has 19 heavy (non-hydrogen) atoms. The summed E-state index contributed by atoms with van der Waals surface area (Å²) in [6.07, 6.45) is -0.672. The van der Waals surface area contributed by atoms with Crippen molar-refractivity contribution in [2.24, 2.45) is 17.1 Å². The van der Waals surface area contributed by atoms with Gasteiger partial charge >= 0.3 is 6.09 Å². The lowest BCUT2D eigenvalue weighted by atomic mass is 9.57. The van der Waals surface area contributed by atoms with Crippen molar-refractivity contribution < 1.29 is 18.3 Å². The topological polar surface area (TPSA) is 55.6 Å². The van der Waals surface area contributed by atoms with Gasteiger partial charge < -0.3 is 15.4 Å². The molecule has 0 spiro atoms. The Kier molecular flexibility index (Phi) is 3.28. The van der Waals surface area contributed by atoms with Crippen molar-refractivity contribution >= 4 is 6.09 Å². The van der Waals surface area contributed by atoms with E-state index in [4.69, 9.17) is 10.5 Å². The lowest BCUT2D eigenvalue weighted by Crippen LogP contribution is -2.65. The third-order valence-corrected chi connectivity index (χ3v) is 4.03. The summed E-state index contributed by atoms with van der Waals surface area (Å²) in [6, 6.07) is 0. The first kappa shape index (κ1) is 14.5. The fourth-order valence-electron chi connectivity index (χ4n) is 2.92. The lowest BCUT2D eigenvalue weighted by Gasteiger charge is -2.57. The Morgan fingerprint density at radius 1 is 1.37 bits per heavy atom. The molecule has 2 aliphatic rings. The predicted molar refractivity (Wildman–Crippen MR) is 67.0 cm³/mol. The van der Waals surface area contributed by atoms with Crippen molar-refractivity contribution in [3.8, 4) is 0 Å². The largest absolute Gasteiger partial charge is 0.444 e. The Bertz CT molecular complexity index is 365. The molecule has 110 valence electrons. The normalized spacial score (nSPS) is 25.5. The maximum atomic E-state index is 13.1. The number of ether oxygens (including phenoxy) is 1. The fourth-order valence-corrected chi connectivity index (χ4v) is 2.92. The van der Waals surface area contributed by atoms with E-state index in [9.17, 15) is 13.6 Å². The second-order valence-corrected chi connectivity index (χ2v) is 6.86. The van der Waals surface area contributed by atoms with E-state index in [1.165, 1.54) is 0 Å². The predicted octanol–water partition coefficient (Wildman–Crippen LogP) is 2.23. The van der Waals surface area contributed by atoms with Crippen LogP contribution in [-0.2, 0) is 4.74 Å². The van der Waals surface area contributed by atoms with E-state index in [1.54, 1.807) is 25.7 Å². The van der Waals surface area contributed by atoms with E-state index in [-0.39, 0.29) is 31.4 Å². The summed E-state index contributed by atoms with van der Waals surface area (Å²) in [5, 5.41) is 0. The minimum Gasteiger partial charge on any atom is -0.444 e. The van der Waals surface area contributed by atoms with Crippen LogP contribution in [0.3, 0.4) is 0 Å². The standard InChI is InChI=1S/C13H22F2N2O2/c1-11(2,3)19-10(18)17-4-9(5-17)12(8-16)6-13(14,15)7-12/h9H,4-8,16H2,1-3H3. The van der Waals surface area contributed by atoms with Crippen LogP contribution >= 0.6 is 0 Å². The molecule has 0 aromatic heterocycles. The van der Waals surface area contributed by atoms with Crippen molar-refractivity contribution in [1.82, 2.24) is 4.90 Å². The first-order valence-electron chi connectivity index (χ1n) is 6.63. The van der Waals surface area contributed by atoms with E-state index in [1.807, 2.05) is 0 Å². The van der Waals surface area contributed by atoms with Crippen LogP contribution < -0.4 is 5.73 Å². The molecule has 1 heterocycles. The van der Waals surface area contributed by atoms with Gasteiger partial charge in [0, 0.05) is 37.3 Å². The van der Waals surface area contributed by atoms with Gasteiger partial charge in [0.25, 0.3) is 0 Å². The number of carbonyl (C=O) groups excluding carboxylic acids is 1. The highest BCUT2D eigenvalue weighted by atomic mass is 19.3. The quantitative estimate of drug-likeness (QED) is 0.841. The molecular weight excluding hydrogens is 254 g/mol. The van der Waals surface area contributed by atoms with Crippen molar-refractivity contribution in [3.63, 3.8) is 0 Å². The molecule has 2 N–H and O–H groups in total. The Hall–Kier alpha value is -0.910. The number of alkyl halides is 2. The van der Waals surface area contributed by atoms with Crippen LogP contribution in [0, 0.1) is 11.3 Å². The van der Waals surface area contributed by atoms with Crippen LogP contribution in [0.15, 0.2) is 0 Å². The van der Waals surface area contributed by atoms with Crippen molar-refractivity contribution in [3.05, 3.63) is 0 Å². The van der Waals surface area contributed by atoms with Crippen LogP contribution in [-0.4, -0.2) is 42.2 Å². The lowest BCUT2D eigenvalue weighted by molar-refractivity contribution is -0.196. The maximum absolute atomic E-state index is 13.1. The number of amides is 1. The molecule has 1 aliphatic carbocycles. The molecular formula is C13H22F2N2O2. The Labute approximate surface area is 112 Å². The van der Waals surface area contributed by atoms with E-state index in [2.05, 4.69) is 0 Å². The van der Waals surface area contributed by atoms with Crippen LogP contribution in [0.25, 0.3) is 0 Å². The molecule has 0 bridgehead atoms. The Morgan fingerprint density at radius 2 is 1.89 bits per heavy atom. The van der Waals surface area contributed by atoms with Gasteiger partial charge in [0.15, 0.2) is 0 Å². The number of rotatable bonds is 2. The molecule has 4 nitrogen and oxygen atoms in total. The van der Waals surface area contributed by atoms with Crippen molar-refractivity contribution in [1.29, 1.82) is 0 Å². The summed E-state index contributed by atoms with van der Waals surface area (Å²) < 4.78 is 31.4. The molecule has 1 saturated heterocycles. The third-order valence-electron chi connectivity index (χ3n) is 4.03. The van der Waals surface area contributed by atoms with E-state index >= 15 is 0 Å². The monoisotopic (exact) mass is 276 g/mol. The molecule has 0 radical (unpaired) electrons. The third kappa shape index (κ3) is 2.83. The number of hydrogen-bond donors (Lipinski definition) is 1. The highest BCUT2D eigenvalue weighted by Crippen LogP contribution is 2.57. The first-order chi connectivity index (χ1) is 8.57. The number of carbonyl (C=O) groups is 1. The van der Waals surface area contributed by atoms with Gasteiger partial charge in [0.05, 0.1) is 0 Å². The maximum Gasteiger partial charge on any atom is 0.410 e. The van der Waals surface area contributed by atoms with E-state index < -0.39 is 16.9 Å². The molecule has 1 aliphatic heterocycles. The molecule has 1 saturated carbocycles. The van der Waals surface area contributed by atoms with Gasteiger partial charge in [-0.05, 0) is 27.3 Å². The summed E-state index contributed by atoms with van der Waals surface area (Å²) in [5.74, 6) is -2.50. The molecule has 0 atom stereocenters. The summed E-state index contributed by atoms with van der Waals surface area (Å²) in [6.45, 7) is 6.61. The van der Waals surface area contributed by atoms with Crippen LogP contribution in [0.2, 0.25) is 0 Å². The van der Waals surface area contributed by atoms with Gasteiger partial charge in [-0.3, -0.25) is 0 Å². The molecule has 0 aromatic carbocycles. The average molecular weight is 276 g/mol. The Balaban J connectivity index is 1.85. The van der Waals surface area contributed by atoms with Crippen LogP contribution in [0.4, 0.5) is 13.6 Å². The van der Waals surface area contributed by atoms with Gasteiger partial charge in [-0.1, -0.05) is 0 Å². The minimum atomic E-state index is -2.58. The zero-order valence-corrected chi connectivity index (χ0v) is 11.7. The molecule has 1 amide bonds. The highest BCUT2D eigenvalue weighted by molar-refractivity contribution is 5.69. The average Bonchev–Trinajstić information content (AvgIpc) is 2.08.